The molecular formula is C28H28N4O4S. The van der Waals surface area contributed by atoms with Crippen LogP contribution in [0.4, 0.5) is 5.95 Å². The monoisotopic (exact) mass is 516 g/mol. The van der Waals surface area contributed by atoms with Gasteiger partial charge in [-0.2, -0.15) is 4.98 Å². The molecule has 37 heavy (non-hydrogen) atoms. The Morgan fingerprint density at radius 1 is 0.892 bits per heavy atom. The molecule has 8 nitrogen and oxygen atoms in total. The lowest BCUT2D eigenvalue weighted by Crippen LogP contribution is -2.29. The highest BCUT2D eigenvalue weighted by Crippen LogP contribution is 2.32. The Morgan fingerprint density at radius 2 is 1.59 bits per heavy atom. The molecule has 2 heterocycles. The number of aliphatic hydroxyl groups excluding tert-OH is 1. The zero-order valence-electron chi connectivity index (χ0n) is 20.8. The number of aromatic nitrogens is 2. The highest BCUT2D eigenvalue weighted by atomic mass is 32.2. The predicted molar refractivity (Wildman–Crippen MR) is 142 cm³/mol. The molecule has 2 atom stereocenters. The van der Waals surface area contributed by atoms with Gasteiger partial charge in [0.2, 0.25) is 11.8 Å². The van der Waals surface area contributed by atoms with Crippen LogP contribution in [0, 0.1) is 20.8 Å². The van der Waals surface area contributed by atoms with Gasteiger partial charge in [0.15, 0.2) is 0 Å². The Morgan fingerprint density at radius 3 is 2.35 bits per heavy atom. The van der Waals surface area contributed by atoms with E-state index in [1.54, 1.807) is 18.2 Å². The molecule has 0 fully saturated rings. The summed E-state index contributed by atoms with van der Waals surface area (Å²) in [6.07, 6.45) is -1.63. The van der Waals surface area contributed by atoms with Gasteiger partial charge in [-0.1, -0.05) is 54.6 Å². The molecule has 1 aliphatic rings. The molecular weight excluding hydrogens is 488 g/mol. The lowest BCUT2D eigenvalue weighted by Gasteiger charge is -2.23. The van der Waals surface area contributed by atoms with Gasteiger partial charge in [0.25, 0.3) is 10.0 Å². The van der Waals surface area contributed by atoms with Crippen molar-refractivity contribution in [2.75, 3.05) is 11.3 Å². The van der Waals surface area contributed by atoms with Gasteiger partial charge < -0.3 is 9.84 Å². The first kappa shape index (κ1) is 24.9. The van der Waals surface area contributed by atoms with E-state index in [0.29, 0.717) is 11.3 Å². The molecule has 5 rings (SSSR count). The zero-order chi connectivity index (χ0) is 26.2. The van der Waals surface area contributed by atoms with E-state index < -0.39 is 22.4 Å². The Kier molecular flexibility index (Phi) is 6.68. The highest BCUT2D eigenvalue weighted by molar-refractivity contribution is 7.92. The van der Waals surface area contributed by atoms with E-state index in [4.69, 9.17) is 4.74 Å². The number of aliphatic hydroxyl groups is 1. The first-order valence-corrected chi connectivity index (χ1v) is 13.4. The van der Waals surface area contributed by atoms with E-state index in [9.17, 15) is 13.5 Å². The number of benzene rings is 3. The lowest BCUT2D eigenvalue weighted by molar-refractivity contribution is 0.109. The van der Waals surface area contributed by atoms with Crippen molar-refractivity contribution in [3.63, 3.8) is 0 Å². The summed E-state index contributed by atoms with van der Waals surface area (Å²) in [6, 6.07) is 21.6. The van der Waals surface area contributed by atoms with Gasteiger partial charge in [0, 0.05) is 18.2 Å². The second-order valence-electron chi connectivity index (χ2n) is 9.13. The number of aryl methyl sites for hydroxylation is 3. The molecule has 1 aromatic heterocycles. The van der Waals surface area contributed by atoms with Crippen LogP contribution in [0.2, 0.25) is 0 Å². The number of anilines is 1. The third-order valence-electron chi connectivity index (χ3n) is 6.44. The molecule has 0 saturated heterocycles. The quantitative estimate of drug-likeness (QED) is 0.357. The molecule has 190 valence electrons. The van der Waals surface area contributed by atoms with E-state index in [1.807, 2.05) is 63.2 Å². The third-order valence-corrected chi connectivity index (χ3v) is 7.77. The molecule has 1 unspecified atom stereocenters. The summed E-state index contributed by atoms with van der Waals surface area (Å²) in [5.41, 5.74) is 5.74. The average Bonchev–Trinajstić information content (AvgIpc) is 2.86. The van der Waals surface area contributed by atoms with Gasteiger partial charge in [-0.3, -0.25) is 5.32 Å². The average molecular weight is 517 g/mol. The Bertz CT molecular complexity index is 1550. The van der Waals surface area contributed by atoms with Crippen LogP contribution in [0.1, 0.15) is 40.1 Å². The van der Waals surface area contributed by atoms with Crippen LogP contribution in [0.5, 0.6) is 5.88 Å². The maximum absolute atomic E-state index is 13.3. The van der Waals surface area contributed by atoms with Gasteiger partial charge in [-0.05, 0) is 60.7 Å². The number of hydrogen-bond acceptors (Lipinski definition) is 7. The van der Waals surface area contributed by atoms with E-state index in [0.717, 1.165) is 27.8 Å². The minimum atomic E-state index is -4.04. The van der Waals surface area contributed by atoms with Crippen molar-refractivity contribution in [3.05, 3.63) is 101 Å². The second-order valence-corrected chi connectivity index (χ2v) is 10.8. The van der Waals surface area contributed by atoms with E-state index in [2.05, 4.69) is 20.0 Å². The smallest absolute Gasteiger partial charge is 0.264 e. The molecule has 0 radical (unpaired) electrons. The predicted octanol–water partition coefficient (Wildman–Crippen LogP) is 4.58. The number of nitrogens with one attached hydrogen (secondary N) is 2. The van der Waals surface area contributed by atoms with Crippen molar-refractivity contribution in [1.82, 2.24) is 15.3 Å². The standard InChI is InChI=1S/C28H28N4O4S/c1-17-8-4-5-13-22(17)24-16-29-27(33)20-11-7-12-21(14-20)37(34,35)32-28-30-23(15-25(31-28)36-24)26-18(2)9-6-10-19(26)3/h4-15,24,27,29,33H,16H2,1-3H3,(H,30,31,32)/t24-,27?/m0/s1. The van der Waals surface area contributed by atoms with Crippen molar-refractivity contribution in [2.24, 2.45) is 0 Å². The summed E-state index contributed by atoms with van der Waals surface area (Å²) in [5.74, 6) is 0.109. The fraction of sp³-hybridized carbons (Fsp3) is 0.214. The zero-order valence-corrected chi connectivity index (χ0v) is 21.6. The largest absolute Gasteiger partial charge is 0.468 e. The van der Waals surface area contributed by atoms with Crippen LogP contribution in [0.15, 0.2) is 77.7 Å². The van der Waals surface area contributed by atoms with Crippen LogP contribution in [0.25, 0.3) is 11.3 Å². The molecule has 3 N–H and O–H groups in total. The maximum Gasteiger partial charge on any atom is 0.264 e. The molecule has 0 spiro atoms. The van der Waals surface area contributed by atoms with Crippen LogP contribution in [-0.2, 0) is 10.0 Å². The van der Waals surface area contributed by atoms with Gasteiger partial charge >= 0.3 is 0 Å². The Labute approximate surface area is 216 Å². The first-order chi connectivity index (χ1) is 17.7. The highest BCUT2D eigenvalue weighted by Gasteiger charge is 2.24. The minimum Gasteiger partial charge on any atom is -0.468 e. The fourth-order valence-corrected chi connectivity index (χ4v) is 5.55. The van der Waals surface area contributed by atoms with Crippen molar-refractivity contribution in [1.29, 1.82) is 0 Å². The normalized spacial score (nSPS) is 18.9. The maximum atomic E-state index is 13.3. The van der Waals surface area contributed by atoms with E-state index in [1.165, 1.54) is 12.1 Å². The minimum absolute atomic E-state index is 0.0101. The topological polar surface area (TPSA) is 113 Å². The summed E-state index contributed by atoms with van der Waals surface area (Å²) in [4.78, 5) is 8.98. The number of ether oxygens (including phenoxy) is 1. The number of sulfonamides is 1. The molecule has 3 aromatic carbocycles. The summed E-state index contributed by atoms with van der Waals surface area (Å²) >= 11 is 0. The summed E-state index contributed by atoms with van der Waals surface area (Å²) in [6.45, 7) is 6.18. The molecule has 4 bridgehead atoms. The van der Waals surface area contributed by atoms with Crippen molar-refractivity contribution in [3.8, 4) is 17.1 Å². The molecule has 0 saturated carbocycles. The molecule has 0 aliphatic carbocycles. The fourth-order valence-electron chi connectivity index (χ4n) is 4.55. The van der Waals surface area contributed by atoms with Crippen LogP contribution >= 0.6 is 0 Å². The summed E-state index contributed by atoms with van der Waals surface area (Å²) in [5, 5.41) is 13.9. The van der Waals surface area contributed by atoms with Gasteiger partial charge in [-0.25, -0.2) is 18.1 Å². The van der Waals surface area contributed by atoms with Crippen molar-refractivity contribution in [2.45, 2.75) is 38.0 Å². The number of fused-ring (bicyclic) bond motifs is 4. The third kappa shape index (κ3) is 5.20. The van der Waals surface area contributed by atoms with E-state index in [-0.39, 0.29) is 23.3 Å². The van der Waals surface area contributed by atoms with Crippen molar-refractivity contribution < 1.29 is 18.3 Å². The van der Waals surface area contributed by atoms with E-state index >= 15 is 0 Å². The number of hydrogen-bond donors (Lipinski definition) is 3. The number of rotatable bonds is 2. The molecule has 1 aliphatic heterocycles. The number of nitrogens with zero attached hydrogens (tertiary/aromatic N) is 2. The first-order valence-electron chi connectivity index (χ1n) is 11.9. The van der Waals surface area contributed by atoms with Gasteiger partial charge in [-0.15, -0.1) is 0 Å². The second kappa shape index (κ2) is 9.93. The SMILES string of the molecule is Cc1ccccc1[C@@H]1CNC(O)c2cccc(c2)S(=O)(=O)Nc2nc(cc(-c3c(C)cccc3C)n2)O1. The lowest BCUT2D eigenvalue weighted by atomic mass is 10.00. The Balaban J connectivity index is 1.70. The van der Waals surface area contributed by atoms with Crippen LogP contribution in [0.3, 0.4) is 0 Å². The van der Waals surface area contributed by atoms with Crippen molar-refractivity contribution >= 4 is 16.0 Å². The summed E-state index contributed by atoms with van der Waals surface area (Å²) < 4.78 is 35.4. The van der Waals surface area contributed by atoms with Crippen LogP contribution in [-0.4, -0.2) is 30.0 Å². The Hall–Kier alpha value is -3.79. The summed E-state index contributed by atoms with van der Waals surface area (Å²) in [7, 11) is -4.04. The van der Waals surface area contributed by atoms with Gasteiger partial charge in [0.05, 0.1) is 10.6 Å². The molecule has 0 amide bonds. The molecule has 4 aromatic rings. The van der Waals surface area contributed by atoms with Gasteiger partial charge in [0.1, 0.15) is 12.3 Å². The van der Waals surface area contributed by atoms with Crippen LogP contribution < -0.4 is 14.8 Å². The molecule has 9 heteroatoms.